The number of alkyl halides is 3. The average molecular weight is 515 g/mol. The summed E-state index contributed by atoms with van der Waals surface area (Å²) in [6.07, 6.45) is 0.0172. The van der Waals surface area contributed by atoms with Gasteiger partial charge in [0.05, 0.1) is 18.2 Å². The number of nitrogen functional groups attached to an aromatic ring is 1. The average Bonchev–Trinajstić information content (AvgIpc) is 3.13. The molecule has 3 unspecified atom stereocenters. The Kier molecular flexibility index (Phi) is 7.47. The Hall–Kier alpha value is -3.95. The van der Waals surface area contributed by atoms with Crippen molar-refractivity contribution in [3.8, 4) is 5.69 Å². The second kappa shape index (κ2) is 10.6. The van der Waals surface area contributed by atoms with Crippen LogP contribution >= 0.6 is 0 Å². The first-order chi connectivity index (χ1) is 17.5. The van der Waals surface area contributed by atoms with E-state index in [0.29, 0.717) is 16.7 Å². The molecule has 1 aliphatic carbocycles. The van der Waals surface area contributed by atoms with E-state index in [-0.39, 0.29) is 23.8 Å². The van der Waals surface area contributed by atoms with Crippen LogP contribution < -0.4 is 16.7 Å². The number of hydrogen-bond acceptors (Lipinski definition) is 4. The van der Waals surface area contributed by atoms with Gasteiger partial charge in [-0.3, -0.25) is 9.36 Å². The molecule has 1 heterocycles. The number of amides is 1. The lowest BCUT2D eigenvalue weighted by Crippen LogP contribution is -2.33. The van der Waals surface area contributed by atoms with Crippen molar-refractivity contribution < 1.29 is 22.4 Å². The molecular formula is C27H26F4N4O2. The van der Waals surface area contributed by atoms with Crippen molar-refractivity contribution in [1.29, 1.82) is 0 Å². The SMILES string of the molecule is Cc1cc(C(C)/C=C/c2ccc3c(c2)CC(F)C3NC(=O)CC(F)F)cc(-n2ccc(N)nc2=O)c1F. The van der Waals surface area contributed by atoms with Gasteiger partial charge in [-0.1, -0.05) is 43.3 Å². The first-order valence-electron chi connectivity index (χ1n) is 11.7. The zero-order chi connectivity index (χ0) is 26.9. The fourth-order valence-corrected chi connectivity index (χ4v) is 4.46. The van der Waals surface area contributed by atoms with Crippen molar-refractivity contribution in [1.82, 2.24) is 14.9 Å². The van der Waals surface area contributed by atoms with Crippen LogP contribution in [0.2, 0.25) is 0 Å². The zero-order valence-corrected chi connectivity index (χ0v) is 20.2. The maximum atomic E-state index is 14.9. The Morgan fingerprint density at radius 1 is 1.27 bits per heavy atom. The van der Waals surface area contributed by atoms with Gasteiger partial charge in [0.25, 0.3) is 0 Å². The van der Waals surface area contributed by atoms with Crippen LogP contribution in [-0.4, -0.2) is 28.1 Å². The molecule has 1 amide bonds. The lowest BCUT2D eigenvalue weighted by atomic mass is 9.96. The Labute approximate surface area is 210 Å². The number of carbonyl (C=O) groups excluding carboxylic acids is 1. The van der Waals surface area contributed by atoms with Crippen molar-refractivity contribution in [2.45, 2.75) is 51.2 Å². The van der Waals surface area contributed by atoms with Crippen molar-refractivity contribution in [3.05, 3.63) is 92.8 Å². The molecule has 1 aliphatic rings. The Morgan fingerprint density at radius 3 is 2.73 bits per heavy atom. The Morgan fingerprint density at radius 2 is 2.03 bits per heavy atom. The number of benzene rings is 2. The summed E-state index contributed by atoms with van der Waals surface area (Å²) in [4.78, 5) is 27.6. The van der Waals surface area contributed by atoms with E-state index in [1.165, 1.54) is 12.3 Å². The van der Waals surface area contributed by atoms with Crippen LogP contribution in [0.3, 0.4) is 0 Å². The van der Waals surface area contributed by atoms with Gasteiger partial charge < -0.3 is 11.1 Å². The van der Waals surface area contributed by atoms with E-state index >= 15 is 0 Å². The van der Waals surface area contributed by atoms with Gasteiger partial charge in [0.15, 0.2) is 0 Å². The van der Waals surface area contributed by atoms with Crippen molar-refractivity contribution >= 4 is 17.8 Å². The van der Waals surface area contributed by atoms with Gasteiger partial charge in [-0.15, -0.1) is 0 Å². The van der Waals surface area contributed by atoms with Gasteiger partial charge in [0, 0.05) is 12.6 Å². The molecule has 2 aromatic carbocycles. The number of fused-ring (bicyclic) bond motifs is 1. The van der Waals surface area contributed by atoms with Crippen molar-refractivity contribution in [2.75, 3.05) is 5.73 Å². The zero-order valence-electron chi connectivity index (χ0n) is 20.2. The highest BCUT2D eigenvalue weighted by atomic mass is 19.3. The predicted octanol–water partition coefficient (Wildman–Crippen LogP) is 4.79. The maximum absolute atomic E-state index is 14.9. The van der Waals surface area contributed by atoms with Gasteiger partial charge in [0.1, 0.15) is 17.8 Å². The van der Waals surface area contributed by atoms with Crippen LogP contribution in [0.5, 0.6) is 0 Å². The lowest BCUT2D eigenvalue weighted by molar-refractivity contribution is -0.124. The molecule has 0 fully saturated rings. The molecule has 3 atom stereocenters. The number of nitrogens with zero attached hydrogens (tertiary/aromatic N) is 2. The highest BCUT2D eigenvalue weighted by Gasteiger charge is 2.34. The lowest BCUT2D eigenvalue weighted by Gasteiger charge is -2.16. The van der Waals surface area contributed by atoms with E-state index in [9.17, 15) is 27.2 Å². The minimum absolute atomic E-state index is 0.0427. The van der Waals surface area contributed by atoms with Gasteiger partial charge in [-0.05, 0) is 52.8 Å². The molecule has 0 bridgehead atoms. The fourth-order valence-electron chi connectivity index (χ4n) is 4.46. The second-order valence-electron chi connectivity index (χ2n) is 9.14. The minimum Gasteiger partial charge on any atom is -0.383 e. The highest BCUT2D eigenvalue weighted by Crippen LogP contribution is 2.35. The molecule has 194 valence electrons. The molecule has 3 N–H and O–H groups in total. The molecule has 3 aromatic rings. The molecule has 1 aromatic heterocycles. The topological polar surface area (TPSA) is 90.0 Å². The van der Waals surface area contributed by atoms with Gasteiger partial charge in [-0.2, -0.15) is 4.98 Å². The first kappa shape index (κ1) is 26.1. The van der Waals surface area contributed by atoms with Crippen molar-refractivity contribution in [2.24, 2.45) is 0 Å². The number of nitrogens with two attached hydrogens (primary N) is 1. The molecule has 0 aliphatic heterocycles. The van der Waals surface area contributed by atoms with E-state index in [2.05, 4.69) is 10.3 Å². The van der Waals surface area contributed by atoms with Crippen LogP contribution in [0.4, 0.5) is 23.4 Å². The van der Waals surface area contributed by atoms with Crippen LogP contribution in [0.1, 0.15) is 53.1 Å². The number of halogens is 4. The van der Waals surface area contributed by atoms with Crippen LogP contribution in [0.15, 0.2) is 53.5 Å². The number of aryl methyl sites for hydroxylation is 1. The summed E-state index contributed by atoms with van der Waals surface area (Å²) < 4.78 is 55.4. The van der Waals surface area contributed by atoms with Crippen LogP contribution in [0.25, 0.3) is 11.8 Å². The number of aromatic nitrogens is 2. The third kappa shape index (κ3) is 5.73. The van der Waals surface area contributed by atoms with E-state index in [1.54, 1.807) is 37.3 Å². The number of carbonyl (C=O) groups is 1. The Balaban J connectivity index is 1.55. The molecule has 0 saturated carbocycles. The number of allylic oxidation sites excluding steroid dienone is 1. The minimum atomic E-state index is -2.79. The third-order valence-corrected chi connectivity index (χ3v) is 6.38. The number of nitrogens with one attached hydrogen (secondary N) is 1. The number of anilines is 1. The Bertz CT molecular complexity index is 1420. The van der Waals surface area contributed by atoms with E-state index in [0.717, 1.165) is 15.7 Å². The summed E-state index contributed by atoms with van der Waals surface area (Å²) in [6, 6.07) is 8.99. The summed E-state index contributed by atoms with van der Waals surface area (Å²) in [5.74, 6) is -1.55. The van der Waals surface area contributed by atoms with Crippen LogP contribution in [-0.2, 0) is 11.2 Å². The largest absolute Gasteiger partial charge is 0.383 e. The molecule has 37 heavy (non-hydrogen) atoms. The highest BCUT2D eigenvalue weighted by molar-refractivity contribution is 5.77. The van der Waals surface area contributed by atoms with E-state index < -0.39 is 42.5 Å². The molecular weight excluding hydrogens is 488 g/mol. The number of rotatable bonds is 7. The summed E-state index contributed by atoms with van der Waals surface area (Å²) in [6.45, 7) is 3.52. The normalized spacial score (nSPS) is 17.8. The standard InChI is InChI=1S/C27H26F4N4O2/c1-14(17-9-15(2)25(31)21(12-17)35-8-7-23(32)33-27(35)37)3-4-16-5-6-19-18(10-16)11-20(28)26(19)34-24(36)13-22(29)30/h3-10,12,14,20,22,26H,11,13H2,1-2H3,(H,34,36)(H2,32,33,37)/b4-3+. The third-order valence-electron chi connectivity index (χ3n) is 6.38. The van der Waals surface area contributed by atoms with Crippen molar-refractivity contribution in [3.63, 3.8) is 0 Å². The van der Waals surface area contributed by atoms with Gasteiger partial charge in [0.2, 0.25) is 12.3 Å². The first-order valence-corrected chi connectivity index (χ1v) is 11.7. The summed E-state index contributed by atoms with van der Waals surface area (Å²) in [7, 11) is 0. The fraction of sp³-hybridized carbons (Fsp3) is 0.296. The monoisotopic (exact) mass is 514 g/mol. The summed E-state index contributed by atoms with van der Waals surface area (Å²) in [5, 5.41) is 2.36. The summed E-state index contributed by atoms with van der Waals surface area (Å²) in [5.41, 5.74) is 8.10. The van der Waals surface area contributed by atoms with Gasteiger partial charge >= 0.3 is 5.69 Å². The molecule has 0 spiro atoms. The van der Waals surface area contributed by atoms with Crippen LogP contribution in [0, 0.1) is 12.7 Å². The molecule has 0 radical (unpaired) electrons. The molecule has 6 nitrogen and oxygen atoms in total. The van der Waals surface area contributed by atoms with E-state index in [4.69, 9.17) is 5.73 Å². The second-order valence-corrected chi connectivity index (χ2v) is 9.14. The predicted molar refractivity (Wildman–Crippen MR) is 133 cm³/mol. The molecule has 4 rings (SSSR count). The number of hydrogen-bond donors (Lipinski definition) is 2. The molecule has 10 heteroatoms. The smallest absolute Gasteiger partial charge is 0.354 e. The maximum Gasteiger partial charge on any atom is 0.354 e. The quantitative estimate of drug-likeness (QED) is 0.444. The van der Waals surface area contributed by atoms with Gasteiger partial charge in [-0.25, -0.2) is 22.4 Å². The van der Waals surface area contributed by atoms with E-state index in [1.807, 2.05) is 19.1 Å². The molecule has 0 saturated heterocycles. The summed E-state index contributed by atoms with van der Waals surface area (Å²) >= 11 is 0.